The number of rotatable bonds is 3. The molecule has 1 aromatic rings. The second-order valence-electron chi connectivity index (χ2n) is 2.49. The van der Waals surface area contributed by atoms with Gasteiger partial charge in [0, 0.05) is 12.1 Å². The first-order valence-electron chi connectivity index (χ1n) is 3.60. The summed E-state index contributed by atoms with van der Waals surface area (Å²) >= 11 is 0. The zero-order valence-electron chi connectivity index (χ0n) is 7.11. The average Bonchev–Trinajstić information content (AvgIpc) is 2.16. The van der Waals surface area contributed by atoms with Crippen LogP contribution in [0.3, 0.4) is 0 Å². The van der Waals surface area contributed by atoms with Crippen molar-refractivity contribution in [2.45, 2.75) is 0 Å². The number of aromatic carboxylic acids is 1. The number of hydrogen-bond donors (Lipinski definition) is 1. The summed E-state index contributed by atoms with van der Waals surface area (Å²) in [6.45, 7) is 0. The summed E-state index contributed by atoms with van der Waals surface area (Å²) in [5.74, 6) is -1.70. The van der Waals surface area contributed by atoms with Crippen molar-refractivity contribution >= 4 is 17.3 Å². The minimum atomic E-state index is -1.70. The van der Waals surface area contributed by atoms with E-state index < -0.39 is 32.8 Å². The van der Waals surface area contributed by atoms with Gasteiger partial charge in [-0.25, -0.2) is 4.79 Å². The Labute approximate surface area is 82.1 Å². The summed E-state index contributed by atoms with van der Waals surface area (Å²) in [6.07, 6.45) is 0. The number of carboxylic acid groups (broad SMARTS) is 1. The van der Waals surface area contributed by atoms with Crippen LogP contribution >= 0.6 is 0 Å². The second-order valence-corrected chi connectivity index (χ2v) is 2.49. The summed E-state index contributed by atoms with van der Waals surface area (Å²) in [4.78, 5) is 29.5. The van der Waals surface area contributed by atoms with E-state index in [9.17, 15) is 25.0 Å². The Bertz CT molecular complexity index is 423. The minimum absolute atomic E-state index is 0.795. The monoisotopic (exact) mass is 212 g/mol. The number of nitro benzene ring substituents is 2. The molecule has 1 rings (SSSR count). The standard InChI is InChI=1S/C7H4N2O6/c10-7(11)6-4(8(12)13)2-1-3-5(6)9(14)15/h1-3H,(H,10,11). The van der Waals surface area contributed by atoms with Gasteiger partial charge in [0.1, 0.15) is 0 Å². The molecule has 0 heterocycles. The highest BCUT2D eigenvalue weighted by atomic mass is 16.6. The van der Waals surface area contributed by atoms with Gasteiger partial charge in [-0.15, -0.1) is 0 Å². The Hall–Kier alpha value is -2.51. The Morgan fingerprint density at radius 2 is 1.53 bits per heavy atom. The quantitative estimate of drug-likeness (QED) is 0.592. The highest BCUT2D eigenvalue weighted by Crippen LogP contribution is 2.27. The van der Waals surface area contributed by atoms with Crippen LogP contribution in [-0.4, -0.2) is 20.9 Å². The summed E-state index contributed by atoms with van der Waals surface area (Å²) in [5.41, 5.74) is -2.50. The molecule has 0 aliphatic rings. The Morgan fingerprint density at radius 3 is 1.80 bits per heavy atom. The van der Waals surface area contributed by atoms with E-state index in [0.717, 1.165) is 18.2 Å². The van der Waals surface area contributed by atoms with E-state index in [1.807, 2.05) is 0 Å². The van der Waals surface area contributed by atoms with Crippen LogP contribution in [0.25, 0.3) is 0 Å². The molecule has 0 aliphatic heterocycles. The molecular formula is C7H4N2O6. The molecule has 0 radical (unpaired) electrons. The Balaban J connectivity index is 3.56. The maximum absolute atomic E-state index is 10.6. The van der Waals surface area contributed by atoms with Crippen LogP contribution < -0.4 is 0 Å². The number of benzene rings is 1. The van der Waals surface area contributed by atoms with Crippen LogP contribution in [0.15, 0.2) is 18.2 Å². The lowest BCUT2D eigenvalue weighted by molar-refractivity contribution is -0.394. The topological polar surface area (TPSA) is 124 Å². The predicted molar refractivity (Wildman–Crippen MR) is 46.7 cm³/mol. The van der Waals surface area contributed by atoms with E-state index >= 15 is 0 Å². The third-order valence-corrected chi connectivity index (χ3v) is 1.63. The van der Waals surface area contributed by atoms with Crippen molar-refractivity contribution in [2.75, 3.05) is 0 Å². The van der Waals surface area contributed by atoms with E-state index in [-0.39, 0.29) is 0 Å². The zero-order chi connectivity index (χ0) is 11.6. The fourth-order valence-corrected chi connectivity index (χ4v) is 1.05. The molecule has 0 spiro atoms. The van der Waals surface area contributed by atoms with Crippen LogP contribution in [-0.2, 0) is 0 Å². The minimum Gasteiger partial charge on any atom is -0.477 e. The molecule has 1 N–H and O–H groups in total. The molecule has 0 unspecified atom stereocenters. The third kappa shape index (κ3) is 1.88. The SMILES string of the molecule is O=C(O)c1c([N+](=O)[O-])cccc1[N+](=O)[O-]. The molecule has 15 heavy (non-hydrogen) atoms. The summed E-state index contributed by atoms with van der Waals surface area (Å²) in [6, 6.07) is 2.86. The fourth-order valence-electron chi connectivity index (χ4n) is 1.05. The Kier molecular flexibility index (Phi) is 2.61. The maximum atomic E-state index is 10.6. The lowest BCUT2D eigenvalue weighted by Gasteiger charge is -1.98. The highest BCUT2D eigenvalue weighted by molar-refractivity contribution is 5.96. The number of carboxylic acids is 1. The van der Waals surface area contributed by atoms with Crippen molar-refractivity contribution in [3.63, 3.8) is 0 Å². The van der Waals surface area contributed by atoms with Gasteiger partial charge >= 0.3 is 5.97 Å². The van der Waals surface area contributed by atoms with Gasteiger partial charge in [-0.3, -0.25) is 20.2 Å². The lowest BCUT2D eigenvalue weighted by Crippen LogP contribution is -2.06. The average molecular weight is 212 g/mol. The van der Waals surface area contributed by atoms with Crippen LogP contribution in [0.4, 0.5) is 11.4 Å². The van der Waals surface area contributed by atoms with Crippen molar-refractivity contribution in [3.05, 3.63) is 44.0 Å². The first-order chi connectivity index (χ1) is 6.95. The molecule has 0 aromatic heterocycles. The first-order valence-corrected chi connectivity index (χ1v) is 3.60. The molecule has 0 bridgehead atoms. The van der Waals surface area contributed by atoms with Crippen molar-refractivity contribution in [3.8, 4) is 0 Å². The molecule has 78 valence electrons. The highest BCUT2D eigenvalue weighted by Gasteiger charge is 2.29. The fraction of sp³-hybridized carbons (Fsp3) is 0. The summed E-state index contributed by atoms with van der Waals surface area (Å²) in [7, 11) is 0. The molecule has 0 saturated carbocycles. The molecule has 0 amide bonds. The maximum Gasteiger partial charge on any atom is 0.349 e. The van der Waals surface area contributed by atoms with E-state index in [1.165, 1.54) is 0 Å². The van der Waals surface area contributed by atoms with Crippen molar-refractivity contribution in [2.24, 2.45) is 0 Å². The molecule has 0 saturated heterocycles. The van der Waals surface area contributed by atoms with Gasteiger partial charge in [0.2, 0.25) is 5.56 Å². The van der Waals surface area contributed by atoms with Crippen molar-refractivity contribution in [1.82, 2.24) is 0 Å². The van der Waals surface area contributed by atoms with Gasteiger partial charge in [0.15, 0.2) is 0 Å². The first kappa shape index (κ1) is 10.6. The van der Waals surface area contributed by atoms with E-state index in [1.54, 1.807) is 0 Å². The number of nitro groups is 2. The van der Waals surface area contributed by atoms with Gasteiger partial charge in [0.25, 0.3) is 11.4 Å². The van der Waals surface area contributed by atoms with Crippen LogP contribution in [0.5, 0.6) is 0 Å². The van der Waals surface area contributed by atoms with E-state index in [0.29, 0.717) is 0 Å². The largest absolute Gasteiger partial charge is 0.477 e. The van der Waals surface area contributed by atoms with Crippen molar-refractivity contribution < 1.29 is 19.7 Å². The molecule has 1 aromatic carbocycles. The second kappa shape index (κ2) is 3.70. The van der Waals surface area contributed by atoms with E-state index in [4.69, 9.17) is 5.11 Å². The Morgan fingerprint density at radius 1 is 1.13 bits per heavy atom. The molecule has 8 nitrogen and oxygen atoms in total. The van der Waals surface area contributed by atoms with Gasteiger partial charge in [-0.1, -0.05) is 0 Å². The summed E-state index contributed by atoms with van der Waals surface area (Å²) < 4.78 is 0. The summed E-state index contributed by atoms with van der Waals surface area (Å²) in [5, 5.41) is 29.5. The molecule has 0 atom stereocenters. The van der Waals surface area contributed by atoms with Gasteiger partial charge in [-0.05, 0) is 6.07 Å². The lowest BCUT2D eigenvalue weighted by atomic mass is 10.1. The zero-order valence-corrected chi connectivity index (χ0v) is 7.11. The third-order valence-electron chi connectivity index (χ3n) is 1.63. The normalized spacial score (nSPS) is 9.60. The molecular weight excluding hydrogens is 208 g/mol. The number of nitrogens with zero attached hydrogens (tertiary/aromatic N) is 2. The smallest absolute Gasteiger partial charge is 0.349 e. The number of carbonyl (C=O) groups is 1. The molecule has 8 heteroatoms. The molecule has 0 fully saturated rings. The predicted octanol–water partition coefficient (Wildman–Crippen LogP) is 1.20. The van der Waals surface area contributed by atoms with E-state index in [2.05, 4.69) is 0 Å². The van der Waals surface area contributed by atoms with Crippen LogP contribution in [0, 0.1) is 20.2 Å². The number of hydrogen-bond acceptors (Lipinski definition) is 5. The van der Waals surface area contributed by atoms with Crippen molar-refractivity contribution in [1.29, 1.82) is 0 Å². The van der Waals surface area contributed by atoms with Gasteiger partial charge in [0.05, 0.1) is 9.85 Å². The molecule has 0 aliphatic carbocycles. The van der Waals surface area contributed by atoms with Gasteiger partial charge < -0.3 is 5.11 Å². The van der Waals surface area contributed by atoms with Crippen LogP contribution in [0.1, 0.15) is 10.4 Å². The van der Waals surface area contributed by atoms with Crippen LogP contribution in [0.2, 0.25) is 0 Å². The van der Waals surface area contributed by atoms with Gasteiger partial charge in [-0.2, -0.15) is 0 Å².